The number of rotatable bonds is 3. The summed E-state index contributed by atoms with van der Waals surface area (Å²) in [5.74, 6) is -0.422. The number of carbonyl (C=O) groups excluding carboxylic acids is 1. The van der Waals surface area contributed by atoms with Crippen molar-refractivity contribution in [3.05, 3.63) is 39.1 Å². The molecule has 1 amide bonds. The van der Waals surface area contributed by atoms with Gasteiger partial charge in [-0.15, -0.1) is 0 Å². The highest BCUT2D eigenvalue weighted by atomic mass is 127. The van der Waals surface area contributed by atoms with Crippen molar-refractivity contribution >= 4 is 40.8 Å². The van der Waals surface area contributed by atoms with Crippen LogP contribution in [0.4, 0.5) is 0 Å². The Morgan fingerprint density at radius 2 is 2.07 bits per heavy atom. The van der Waals surface area contributed by atoms with Gasteiger partial charge in [0.1, 0.15) is 0 Å². The van der Waals surface area contributed by atoms with Gasteiger partial charge in [0.2, 0.25) is 5.91 Å². The van der Waals surface area contributed by atoms with Gasteiger partial charge in [0.15, 0.2) is 0 Å². The van der Waals surface area contributed by atoms with Crippen LogP contribution in [0.3, 0.4) is 0 Å². The number of benzene rings is 1. The van der Waals surface area contributed by atoms with Crippen molar-refractivity contribution in [1.82, 2.24) is 0 Å². The molecule has 0 aliphatic carbocycles. The Balaban J connectivity index is 3.26. The van der Waals surface area contributed by atoms with Gasteiger partial charge in [-0.25, -0.2) is 0 Å². The molecule has 4 heteroatoms. The van der Waals surface area contributed by atoms with Gasteiger partial charge in [-0.3, -0.25) is 9.79 Å². The molecule has 0 aliphatic heterocycles. The van der Waals surface area contributed by atoms with Gasteiger partial charge in [0.25, 0.3) is 0 Å². The molecule has 0 bridgehead atoms. The Morgan fingerprint density at radius 1 is 1.47 bits per heavy atom. The van der Waals surface area contributed by atoms with Gasteiger partial charge in [-0.1, -0.05) is 0 Å². The quantitative estimate of drug-likeness (QED) is 0.676. The third-order valence-corrected chi connectivity index (χ3v) is 2.55. The van der Waals surface area contributed by atoms with Crippen molar-refractivity contribution in [3.8, 4) is 0 Å². The standard InChI is InChI=1S/C11H11IN2O/c1-7(6-14-2)8-3-9(11(13)15)5-10(12)4-8/h3-6H,2H2,1H3,(H2,13,15)/b7-6+. The first-order chi connectivity index (χ1) is 7.04. The van der Waals surface area contributed by atoms with Crippen molar-refractivity contribution in [1.29, 1.82) is 0 Å². The number of nitrogens with two attached hydrogens (primary N) is 1. The van der Waals surface area contributed by atoms with Gasteiger partial charge in [-0.05, 0) is 65.6 Å². The van der Waals surface area contributed by atoms with E-state index in [9.17, 15) is 4.79 Å². The molecule has 0 radical (unpaired) electrons. The minimum absolute atomic E-state index is 0.422. The van der Waals surface area contributed by atoms with Crippen LogP contribution in [0.15, 0.2) is 29.4 Å². The second-order valence-corrected chi connectivity index (χ2v) is 4.33. The Hall–Kier alpha value is -1.17. The Morgan fingerprint density at radius 3 is 2.60 bits per heavy atom. The Kier molecular flexibility index (Phi) is 4.02. The monoisotopic (exact) mass is 314 g/mol. The van der Waals surface area contributed by atoms with E-state index in [2.05, 4.69) is 34.3 Å². The summed E-state index contributed by atoms with van der Waals surface area (Å²) in [5, 5.41) is 0. The zero-order chi connectivity index (χ0) is 11.4. The number of amides is 1. The smallest absolute Gasteiger partial charge is 0.248 e. The van der Waals surface area contributed by atoms with E-state index >= 15 is 0 Å². The van der Waals surface area contributed by atoms with E-state index in [1.54, 1.807) is 18.3 Å². The number of hydrogen-bond donors (Lipinski definition) is 1. The second kappa shape index (κ2) is 5.06. The van der Waals surface area contributed by atoms with Gasteiger partial charge < -0.3 is 5.73 Å². The van der Waals surface area contributed by atoms with Crippen molar-refractivity contribution < 1.29 is 4.79 Å². The van der Waals surface area contributed by atoms with Crippen molar-refractivity contribution in [3.63, 3.8) is 0 Å². The molecule has 78 valence electrons. The van der Waals surface area contributed by atoms with E-state index in [0.717, 1.165) is 14.7 Å². The minimum atomic E-state index is -0.422. The molecule has 0 atom stereocenters. The van der Waals surface area contributed by atoms with Crippen LogP contribution in [0.5, 0.6) is 0 Å². The molecule has 0 fully saturated rings. The van der Waals surface area contributed by atoms with Crippen LogP contribution >= 0.6 is 22.6 Å². The fourth-order valence-corrected chi connectivity index (χ4v) is 1.84. The maximum absolute atomic E-state index is 11.0. The van der Waals surface area contributed by atoms with Crippen LogP contribution in [0, 0.1) is 3.57 Å². The number of carbonyl (C=O) groups is 1. The molecule has 1 aromatic carbocycles. The Labute approximate surface area is 102 Å². The van der Waals surface area contributed by atoms with Crippen LogP contribution in [0.25, 0.3) is 5.57 Å². The lowest BCUT2D eigenvalue weighted by Gasteiger charge is -2.04. The summed E-state index contributed by atoms with van der Waals surface area (Å²) < 4.78 is 0.968. The number of halogens is 1. The predicted molar refractivity (Wildman–Crippen MR) is 70.9 cm³/mol. The Bertz CT molecular complexity index is 438. The molecule has 0 saturated heterocycles. The van der Waals surface area contributed by atoms with E-state index < -0.39 is 5.91 Å². The third-order valence-electron chi connectivity index (χ3n) is 1.92. The third kappa shape index (κ3) is 3.16. The van der Waals surface area contributed by atoms with Crippen LogP contribution in [-0.4, -0.2) is 12.6 Å². The van der Waals surface area contributed by atoms with E-state index in [4.69, 9.17) is 5.73 Å². The summed E-state index contributed by atoms with van der Waals surface area (Å²) in [6, 6.07) is 5.46. The molecule has 1 rings (SSSR count). The normalized spacial score (nSPS) is 11.2. The number of aliphatic imine (C=N–C) groups is 1. The number of primary amides is 1. The molecule has 0 heterocycles. The average molecular weight is 314 g/mol. The minimum Gasteiger partial charge on any atom is -0.366 e. The molecule has 15 heavy (non-hydrogen) atoms. The van der Waals surface area contributed by atoms with Gasteiger partial charge in [0.05, 0.1) is 0 Å². The highest BCUT2D eigenvalue weighted by Crippen LogP contribution is 2.19. The fraction of sp³-hybridized carbons (Fsp3) is 0.0909. The molecule has 1 aromatic rings. The molecule has 2 N–H and O–H groups in total. The number of hydrogen-bond acceptors (Lipinski definition) is 2. The van der Waals surface area contributed by atoms with Gasteiger partial charge in [0, 0.05) is 15.3 Å². The molecule has 3 nitrogen and oxygen atoms in total. The topological polar surface area (TPSA) is 55.4 Å². The SMILES string of the molecule is C=N/C=C(\C)c1cc(I)cc(C(N)=O)c1. The highest BCUT2D eigenvalue weighted by Gasteiger charge is 2.05. The van der Waals surface area contributed by atoms with E-state index in [-0.39, 0.29) is 0 Å². The number of allylic oxidation sites excluding steroid dienone is 1. The summed E-state index contributed by atoms with van der Waals surface area (Å²) in [6.45, 7) is 5.29. The first-order valence-corrected chi connectivity index (χ1v) is 5.36. The first kappa shape index (κ1) is 11.9. The van der Waals surface area contributed by atoms with E-state index in [0.29, 0.717) is 5.56 Å². The maximum atomic E-state index is 11.0. The van der Waals surface area contributed by atoms with E-state index in [1.807, 2.05) is 13.0 Å². The lowest BCUT2D eigenvalue weighted by molar-refractivity contribution is 0.1000. The van der Waals surface area contributed by atoms with Crippen LogP contribution in [-0.2, 0) is 0 Å². The zero-order valence-electron chi connectivity index (χ0n) is 8.33. The van der Waals surface area contributed by atoms with Gasteiger partial charge >= 0.3 is 0 Å². The second-order valence-electron chi connectivity index (χ2n) is 3.09. The fourth-order valence-electron chi connectivity index (χ4n) is 1.17. The molecule has 0 spiro atoms. The van der Waals surface area contributed by atoms with E-state index in [1.165, 1.54) is 0 Å². The molecular weight excluding hydrogens is 303 g/mol. The zero-order valence-corrected chi connectivity index (χ0v) is 10.5. The highest BCUT2D eigenvalue weighted by molar-refractivity contribution is 14.1. The van der Waals surface area contributed by atoms with Crippen LogP contribution < -0.4 is 5.73 Å². The van der Waals surface area contributed by atoms with Crippen molar-refractivity contribution in [2.75, 3.05) is 0 Å². The van der Waals surface area contributed by atoms with Gasteiger partial charge in [-0.2, -0.15) is 0 Å². The molecule has 0 saturated carbocycles. The summed E-state index contributed by atoms with van der Waals surface area (Å²) in [6.07, 6.45) is 1.65. The largest absolute Gasteiger partial charge is 0.366 e. The number of nitrogens with zero attached hydrogens (tertiary/aromatic N) is 1. The maximum Gasteiger partial charge on any atom is 0.248 e. The summed E-state index contributed by atoms with van der Waals surface area (Å²) >= 11 is 2.14. The lowest BCUT2D eigenvalue weighted by atomic mass is 10.1. The summed E-state index contributed by atoms with van der Waals surface area (Å²) in [4.78, 5) is 14.7. The van der Waals surface area contributed by atoms with Crippen LogP contribution in [0.1, 0.15) is 22.8 Å². The average Bonchev–Trinajstić information content (AvgIpc) is 2.17. The lowest BCUT2D eigenvalue weighted by Crippen LogP contribution is -2.11. The first-order valence-electron chi connectivity index (χ1n) is 4.28. The van der Waals surface area contributed by atoms with Crippen molar-refractivity contribution in [2.45, 2.75) is 6.92 Å². The predicted octanol–water partition coefficient (Wildman–Crippen LogP) is 2.45. The van der Waals surface area contributed by atoms with Crippen LogP contribution in [0.2, 0.25) is 0 Å². The molecule has 0 unspecified atom stereocenters. The van der Waals surface area contributed by atoms with Crippen molar-refractivity contribution in [2.24, 2.45) is 10.7 Å². The summed E-state index contributed by atoms with van der Waals surface area (Å²) in [5.41, 5.74) is 7.62. The molecule has 0 aliphatic rings. The molecular formula is C11H11IN2O. The molecule has 0 aromatic heterocycles. The summed E-state index contributed by atoms with van der Waals surface area (Å²) in [7, 11) is 0.